The van der Waals surface area contributed by atoms with Gasteiger partial charge in [-0.1, -0.05) is 39.8 Å². The second-order valence-corrected chi connectivity index (χ2v) is 7.23. The Labute approximate surface area is 143 Å². The van der Waals surface area contributed by atoms with Gasteiger partial charge in [-0.25, -0.2) is 4.39 Å². The summed E-state index contributed by atoms with van der Waals surface area (Å²) in [6, 6.07) is 6.51. The number of alkyl halides is 1. The highest BCUT2D eigenvalue weighted by atomic mass is 35.5. The molecule has 1 aromatic carbocycles. The highest BCUT2D eigenvalue weighted by Crippen LogP contribution is 2.59. The molecule has 126 valence electrons. The first kappa shape index (κ1) is 17.9. The van der Waals surface area contributed by atoms with Crippen LogP contribution in [0, 0.1) is 22.6 Å². The zero-order chi connectivity index (χ0) is 17.4. The number of rotatable bonds is 4. The van der Waals surface area contributed by atoms with Gasteiger partial charge in [-0.3, -0.25) is 0 Å². The van der Waals surface area contributed by atoms with Crippen LogP contribution < -0.4 is 11.5 Å². The molecule has 0 aromatic heterocycles. The van der Waals surface area contributed by atoms with E-state index in [1.54, 1.807) is 18.2 Å². The van der Waals surface area contributed by atoms with Gasteiger partial charge in [-0.05, 0) is 41.5 Å². The minimum atomic E-state index is -0.329. The van der Waals surface area contributed by atoms with Crippen LogP contribution in [0.3, 0.4) is 0 Å². The Morgan fingerprint density at radius 1 is 1.35 bits per heavy atom. The molecule has 2 unspecified atom stereocenters. The number of nitrogens with two attached hydrogens (primary N) is 2. The molecular weight excluding hydrogens is 311 g/mol. The van der Waals surface area contributed by atoms with Crippen LogP contribution in [0.1, 0.15) is 39.7 Å². The maximum atomic E-state index is 14.0. The van der Waals surface area contributed by atoms with Crippen molar-refractivity contribution in [2.24, 2.45) is 28.2 Å². The Morgan fingerprint density at radius 2 is 1.96 bits per heavy atom. The SMILES string of the molecule is CCC1(CCl)C(N)=C(/C=C(\N)c2ccccc2F)C(C)C1(C)C. The van der Waals surface area contributed by atoms with Crippen LogP contribution in [0.25, 0.3) is 5.70 Å². The molecule has 0 aliphatic heterocycles. The van der Waals surface area contributed by atoms with E-state index >= 15 is 0 Å². The third kappa shape index (κ3) is 2.55. The number of hydrogen-bond donors (Lipinski definition) is 2. The van der Waals surface area contributed by atoms with Gasteiger partial charge in [0.05, 0.1) is 0 Å². The molecule has 23 heavy (non-hydrogen) atoms. The van der Waals surface area contributed by atoms with Crippen molar-refractivity contribution in [1.29, 1.82) is 0 Å². The van der Waals surface area contributed by atoms with E-state index in [1.165, 1.54) is 6.07 Å². The van der Waals surface area contributed by atoms with Crippen LogP contribution >= 0.6 is 11.6 Å². The van der Waals surface area contributed by atoms with E-state index in [0.717, 1.165) is 17.7 Å². The lowest BCUT2D eigenvalue weighted by atomic mass is 9.63. The van der Waals surface area contributed by atoms with E-state index in [9.17, 15) is 4.39 Å². The molecule has 0 bridgehead atoms. The van der Waals surface area contributed by atoms with Gasteiger partial charge in [0.25, 0.3) is 0 Å². The summed E-state index contributed by atoms with van der Waals surface area (Å²) in [7, 11) is 0. The second kappa shape index (κ2) is 6.20. The highest BCUT2D eigenvalue weighted by molar-refractivity contribution is 6.18. The van der Waals surface area contributed by atoms with Crippen LogP contribution in [0.2, 0.25) is 0 Å². The lowest BCUT2D eigenvalue weighted by Gasteiger charge is -2.43. The minimum absolute atomic E-state index is 0.0884. The van der Waals surface area contributed by atoms with Gasteiger partial charge in [0.1, 0.15) is 5.82 Å². The van der Waals surface area contributed by atoms with E-state index in [-0.39, 0.29) is 22.6 Å². The van der Waals surface area contributed by atoms with Gasteiger partial charge in [0.15, 0.2) is 0 Å². The van der Waals surface area contributed by atoms with Crippen molar-refractivity contribution in [3.8, 4) is 0 Å². The van der Waals surface area contributed by atoms with Crippen molar-refractivity contribution in [2.45, 2.75) is 34.1 Å². The zero-order valence-corrected chi connectivity index (χ0v) is 15.0. The highest BCUT2D eigenvalue weighted by Gasteiger charge is 2.54. The van der Waals surface area contributed by atoms with Crippen molar-refractivity contribution in [3.63, 3.8) is 0 Å². The second-order valence-electron chi connectivity index (χ2n) is 6.96. The third-order valence-electron chi connectivity index (χ3n) is 5.94. The first-order chi connectivity index (χ1) is 10.7. The lowest BCUT2D eigenvalue weighted by Crippen LogP contribution is -2.41. The summed E-state index contributed by atoms with van der Waals surface area (Å²) in [6.45, 7) is 8.63. The first-order valence-electron chi connectivity index (χ1n) is 8.01. The smallest absolute Gasteiger partial charge is 0.132 e. The normalized spacial score (nSPS) is 27.6. The third-order valence-corrected chi connectivity index (χ3v) is 6.39. The largest absolute Gasteiger partial charge is 0.401 e. The van der Waals surface area contributed by atoms with Gasteiger partial charge in [0.2, 0.25) is 0 Å². The van der Waals surface area contributed by atoms with E-state index in [1.807, 2.05) is 6.08 Å². The Bertz CT molecular complexity index is 657. The molecule has 0 spiro atoms. The van der Waals surface area contributed by atoms with Gasteiger partial charge in [0, 0.05) is 28.3 Å². The van der Waals surface area contributed by atoms with Crippen LogP contribution in [0.15, 0.2) is 41.6 Å². The monoisotopic (exact) mass is 336 g/mol. The van der Waals surface area contributed by atoms with Crippen LogP contribution in [0.4, 0.5) is 4.39 Å². The summed E-state index contributed by atoms with van der Waals surface area (Å²) in [5.41, 5.74) is 14.9. The zero-order valence-electron chi connectivity index (χ0n) is 14.3. The van der Waals surface area contributed by atoms with Crippen molar-refractivity contribution >= 4 is 17.3 Å². The molecule has 1 aromatic rings. The van der Waals surface area contributed by atoms with Crippen LogP contribution in [-0.4, -0.2) is 5.88 Å². The number of hydrogen-bond acceptors (Lipinski definition) is 2. The van der Waals surface area contributed by atoms with Crippen LogP contribution in [-0.2, 0) is 0 Å². The minimum Gasteiger partial charge on any atom is -0.401 e. The van der Waals surface area contributed by atoms with E-state index in [2.05, 4.69) is 27.7 Å². The molecule has 0 radical (unpaired) electrons. The topological polar surface area (TPSA) is 52.0 Å². The molecule has 0 amide bonds. The van der Waals surface area contributed by atoms with E-state index in [4.69, 9.17) is 23.1 Å². The predicted molar refractivity (Wildman–Crippen MR) is 96.2 cm³/mol. The van der Waals surface area contributed by atoms with Gasteiger partial charge in [-0.2, -0.15) is 0 Å². The fraction of sp³-hybridized carbons (Fsp3) is 0.474. The van der Waals surface area contributed by atoms with Gasteiger partial charge < -0.3 is 11.5 Å². The maximum Gasteiger partial charge on any atom is 0.132 e. The average Bonchev–Trinajstić information content (AvgIpc) is 2.66. The summed E-state index contributed by atoms with van der Waals surface area (Å²) < 4.78 is 14.0. The first-order valence-corrected chi connectivity index (χ1v) is 8.54. The molecule has 4 N–H and O–H groups in total. The van der Waals surface area contributed by atoms with Crippen molar-refractivity contribution < 1.29 is 4.39 Å². The summed E-state index contributed by atoms with van der Waals surface area (Å²) in [6.07, 6.45) is 2.68. The molecule has 0 saturated carbocycles. The number of benzene rings is 1. The summed E-state index contributed by atoms with van der Waals surface area (Å²) in [5.74, 6) is 0.319. The number of allylic oxidation sites excluding steroid dienone is 3. The Balaban J connectivity index is 2.56. The summed E-state index contributed by atoms with van der Waals surface area (Å²) >= 11 is 6.33. The standard InChI is InChI=1S/C19H26ClFN2/c1-5-19(11-20)17(23)14(12(2)18(19,3)4)10-16(22)13-8-6-7-9-15(13)21/h6-10,12H,5,11,22-23H2,1-4H3/b16-10-. The Hall–Kier alpha value is -1.48. The quantitative estimate of drug-likeness (QED) is 0.786. The van der Waals surface area contributed by atoms with Gasteiger partial charge >= 0.3 is 0 Å². The van der Waals surface area contributed by atoms with Crippen LogP contribution in [0.5, 0.6) is 0 Å². The van der Waals surface area contributed by atoms with Crippen molar-refractivity contribution in [2.75, 3.05) is 5.88 Å². The fourth-order valence-electron chi connectivity index (χ4n) is 3.79. The Morgan fingerprint density at radius 3 is 2.43 bits per heavy atom. The molecule has 2 atom stereocenters. The fourth-order valence-corrected chi connectivity index (χ4v) is 4.47. The molecule has 2 nitrogen and oxygen atoms in total. The Kier molecular flexibility index (Phi) is 4.81. The van der Waals surface area contributed by atoms with E-state index in [0.29, 0.717) is 17.1 Å². The molecule has 0 fully saturated rings. The molecule has 0 saturated heterocycles. The molecule has 0 heterocycles. The van der Waals surface area contributed by atoms with Crippen molar-refractivity contribution in [3.05, 3.63) is 53.0 Å². The molecular formula is C19H26ClFN2. The maximum absolute atomic E-state index is 14.0. The summed E-state index contributed by atoms with van der Waals surface area (Å²) in [5, 5.41) is 0. The lowest BCUT2D eigenvalue weighted by molar-refractivity contribution is 0.108. The average molecular weight is 337 g/mol. The van der Waals surface area contributed by atoms with Gasteiger partial charge in [-0.15, -0.1) is 11.6 Å². The molecule has 4 heteroatoms. The number of halogens is 2. The molecule has 1 aliphatic rings. The van der Waals surface area contributed by atoms with E-state index < -0.39 is 0 Å². The molecule has 2 rings (SSSR count). The van der Waals surface area contributed by atoms with Crippen molar-refractivity contribution in [1.82, 2.24) is 0 Å². The predicted octanol–water partition coefficient (Wildman–Crippen LogP) is 4.65. The molecule has 1 aliphatic carbocycles. The summed E-state index contributed by atoms with van der Waals surface area (Å²) in [4.78, 5) is 0.